The van der Waals surface area contributed by atoms with Crippen molar-refractivity contribution in [2.75, 3.05) is 11.9 Å². The lowest BCUT2D eigenvalue weighted by Crippen LogP contribution is -2.33. The number of benzene rings is 1. The Morgan fingerprint density at radius 2 is 2.21 bits per heavy atom. The molecule has 0 aliphatic carbocycles. The number of carbonyl (C=O) groups excluding carboxylic acids is 2. The Morgan fingerprint density at radius 1 is 1.42 bits per heavy atom. The van der Waals surface area contributed by atoms with Crippen LogP contribution in [0.3, 0.4) is 0 Å². The summed E-state index contributed by atoms with van der Waals surface area (Å²) in [6.07, 6.45) is 0.287. The monoisotopic (exact) mass is 343 g/mol. The summed E-state index contributed by atoms with van der Waals surface area (Å²) >= 11 is 1.60. The van der Waals surface area contributed by atoms with Crippen molar-refractivity contribution in [1.29, 1.82) is 0 Å². The Balaban J connectivity index is 1.70. The molecule has 0 saturated carbocycles. The van der Waals surface area contributed by atoms with Crippen molar-refractivity contribution in [2.45, 2.75) is 33.2 Å². The second-order valence-electron chi connectivity index (χ2n) is 6.36. The van der Waals surface area contributed by atoms with Gasteiger partial charge in [0, 0.05) is 35.6 Å². The summed E-state index contributed by atoms with van der Waals surface area (Å²) in [6.45, 7) is 6.40. The van der Waals surface area contributed by atoms with E-state index in [-0.39, 0.29) is 30.2 Å². The minimum absolute atomic E-state index is 0.0526. The number of aromatic nitrogens is 1. The number of amides is 2. The van der Waals surface area contributed by atoms with Crippen LogP contribution in [-0.2, 0) is 9.59 Å². The number of hydrogen-bond donors (Lipinski definition) is 1. The normalized spacial score (nSPS) is 17.6. The van der Waals surface area contributed by atoms with Gasteiger partial charge in [-0.15, -0.1) is 11.3 Å². The number of aryl methyl sites for hydroxylation is 1. The topological polar surface area (TPSA) is 62.3 Å². The van der Waals surface area contributed by atoms with Gasteiger partial charge in [0.25, 0.3) is 0 Å². The highest BCUT2D eigenvalue weighted by atomic mass is 32.1. The molecule has 1 fully saturated rings. The molecular formula is C18H21N3O2S. The van der Waals surface area contributed by atoms with E-state index in [0.29, 0.717) is 6.54 Å². The van der Waals surface area contributed by atoms with Gasteiger partial charge in [0.1, 0.15) is 0 Å². The van der Waals surface area contributed by atoms with Crippen LogP contribution in [0.1, 0.15) is 25.3 Å². The summed E-state index contributed by atoms with van der Waals surface area (Å²) < 4.78 is 0. The van der Waals surface area contributed by atoms with Crippen molar-refractivity contribution >= 4 is 28.8 Å². The average Bonchev–Trinajstić information content (AvgIpc) is 3.13. The first-order valence-corrected chi connectivity index (χ1v) is 8.95. The molecule has 126 valence electrons. The van der Waals surface area contributed by atoms with Crippen molar-refractivity contribution in [3.63, 3.8) is 0 Å². The molecule has 0 radical (unpaired) electrons. The van der Waals surface area contributed by atoms with E-state index in [0.717, 1.165) is 22.0 Å². The van der Waals surface area contributed by atoms with Crippen LogP contribution in [0.2, 0.25) is 0 Å². The molecule has 0 unspecified atom stereocenters. The summed E-state index contributed by atoms with van der Waals surface area (Å²) in [5.41, 5.74) is 2.62. The third-order valence-corrected chi connectivity index (χ3v) is 4.97. The fraction of sp³-hybridized carbons (Fsp3) is 0.389. The largest absolute Gasteiger partial charge is 0.339 e. The van der Waals surface area contributed by atoms with E-state index < -0.39 is 0 Å². The molecule has 1 aromatic carbocycles. The first-order chi connectivity index (χ1) is 11.4. The molecular weight excluding hydrogens is 322 g/mol. The lowest BCUT2D eigenvalue weighted by atomic mass is 10.1. The Bertz CT molecular complexity index is 769. The van der Waals surface area contributed by atoms with E-state index in [1.54, 1.807) is 16.2 Å². The van der Waals surface area contributed by atoms with Gasteiger partial charge >= 0.3 is 0 Å². The molecule has 1 atom stereocenters. The van der Waals surface area contributed by atoms with Crippen LogP contribution in [0.25, 0.3) is 11.3 Å². The van der Waals surface area contributed by atoms with Gasteiger partial charge in [-0.3, -0.25) is 9.59 Å². The molecule has 6 heteroatoms. The highest BCUT2D eigenvalue weighted by Crippen LogP contribution is 2.26. The zero-order chi connectivity index (χ0) is 17.3. The zero-order valence-electron chi connectivity index (χ0n) is 14.1. The minimum Gasteiger partial charge on any atom is -0.339 e. The number of carbonyl (C=O) groups is 2. The fourth-order valence-corrected chi connectivity index (χ4v) is 3.52. The second-order valence-corrected chi connectivity index (χ2v) is 7.42. The molecule has 1 aliphatic heterocycles. The van der Waals surface area contributed by atoms with Crippen molar-refractivity contribution in [1.82, 2.24) is 9.88 Å². The van der Waals surface area contributed by atoms with Crippen LogP contribution >= 0.6 is 11.3 Å². The minimum atomic E-state index is -0.287. The molecule has 2 heterocycles. The van der Waals surface area contributed by atoms with Gasteiger partial charge in [-0.05, 0) is 32.9 Å². The zero-order valence-corrected chi connectivity index (χ0v) is 14.9. The van der Waals surface area contributed by atoms with E-state index in [9.17, 15) is 9.59 Å². The van der Waals surface area contributed by atoms with Crippen molar-refractivity contribution in [3.05, 3.63) is 34.7 Å². The van der Waals surface area contributed by atoms with E-state index in [1.807, 2.05) is 50.4 Å². The maximum atomic E-state index is 12.5. The van der Waals surface area contributed by atoms with Crippen molar-refractivity contribution in [3.8, 4) is 11.3 Å². The maximum Gasteiger partial charge on any atom is 0.229 e. The van der Waals surface area contributed by atoms with E-state index in [2.05, 4.69) is 10.3 Å². The lowest BCUT2D eigenvalue weighted by Gasteiger charge is -2.20. The molecule has 2 aromatic rings. The smallest absolute Gasteiger partial charge is 0.229 e. The van der Waals surface area contributed by atoms with Gasteiger partial charge in [0.2, 0.25) is 11.8 Å². The molecule has 5 nitrogen and oxygen atoms in total. The number of likely N-dealkylation sites (tertiary alicyclic amines) is 1. The third kappa shape index (κ3) is 3.48. The lowest BCUT2D eigenvalue weighted by molar-refractivity contribution is -0.129. The third-order valence-electron chi connectivity index (χ3n) is 4.20. The first kappa shape index (κ1) is 16.6. The highest BCUT2D eigenvalue weighted by molar-refractivity contribution is 7.09. The molecule has 1 aromatic heterocycles. The van der Waals surface area contributed by atoms with E-state index in [1.165, 1.54) is 0 Å². The molecule has 3 rings (SSSR count). The van der Waals surface area contributed by atoms with Crippen LogP contribution in [0.15, 0.2) is 29.6 Å². The van der Waals surface area contributed by atoms with E-state index >= 15 is 0 Å². The molecule has 0 bridgehead atoms. The Hall–Kier alpha value is -2.21. The van der Waals surface area contributed by atoms with Crippen LogP contribution < -0.4 is 5.32 Å². The van der Waals surface area contributed by atoms with E-state index in [4.69, 9.17) is 0 Å². The van der Waals surface area contributed by atoms with Gasteiger partial charge in [-0.2, -0.15) is 0 Å². The molecule has 24 heavy (non-hydrogen) atoms. The number of thiazole rings is 1. The number of rotatable bonds is 4. The Kier molecular flexibility index (Phi) is 4.66. The number of nitrogens with one attached hydrogen (secondary N) is 1. The quantitative estimate of drug-likeness (QED) is 0.926. The summed E-state index contributed by atoms with van der Waals surface area (Å²) in [5, 5.41) is 5.96. The SMILES string of the molecule is Cc1nc(-c2cccc(NC(=O)[C@H]3CC(=O)N(C(C)C)C3)c2)cs1. The number of hydrogen-bond acceptors (Lipinski definition) is 4. The molecule has 0 spiro atoms. The average molecular weight is 343 g/mol. The van der Waals surface area contributed by atoms with Crippen LogP contribution in [0.4, 0.5) is 5.69 Å². The Morgan fingerprint density at radius 3 is 2.83 bits per heavy atom. The summed E-state index contributed by atoms with van der Waals surface area (Å²) in [4.78, 5) is 30.7. The summed E-state index contributed by atoms with van der Waals surface area (Å²) in [6, 6.07) is 7.79. The van der Waals surface area contributed by atoms with Crippen molar-refractivity contribution in [2.24, 2.45) is 5.92 Å². The standard InChI is InChI=1S/C18H21N3O2S/c1-11(2)21-9-14(8-17(21)22)18(23)20-15-6-4-5-13(7-15)16-10-24-12(3)19-16/h4-7,10-11,14H,8-9H2,1-3H3,(H,20,23)/t14-/m0/s1. The molecule has 1 saturated heterocycles. The van der Waals surface area contributed by atoms with Crippen LogP contribution in [0.5, 0.6) is 0 Å². The molecule has 1 aliphatic rings. The molecule has 2 amide bonds. The van der Waals surface area contributed by atoms with Crippen molar-refractivity contribution < 1.29 is 9.59 Å². The van der Waals surface area contributed by atoms with Crippen LogP contribution in [0, 0.1) is 12.8 Å². The Labute approximate surface area is 145 Å². The van der Waals surface area contributed by atoms with Gasteiger partial charge in [0.15, 0.2) is 0 Å². The number of nitrogens with zero attached hydrogens (tertiary/aromatic N) is 2. The van der Waals surface area contributed by atoms with Gasteiger partial charge in [0.05, 0.1) is 16.6 Å². The summed E-state index contributed by atoms with van der Waals surface area (Å²) in [5.74, 6) is -0.333. The number of anilines is 1. The predicted molar refractivity (Wildman–Crippen MR) is 95.9 cm³/mol. The van der Waals surface area contributed by atoms with Crippen LogP contribution in [-0.4, -0.2) is 34.3 Å². The van der Waals surface area contributed by atoms with Gasteiger partial charge in [-0.25, -0.2) is 4.98 Å². The maximum absolute atomic E-state index is 12.5. The summed E-state index contributed by atoms with van der Waals surface area (Å²) in [7, 11) is 0. The first-order valence-electron chi connectivity index (χ1n) is 8.07. The second kappa shape index (κ2) is 6.73. The molecule has 1 N–H and O–H groups in total. The predicted octanol–water partition coefficient (Wildman–Crippen LogP) is 3.31. The highest BCUT2D eigenvalue weighted by Gasteiger charge is 2.35. The van der Waals surface area contributed by atoms with Gasteiger partial charge < -0.3 is 10.2 Å². The fourth-order valence-electron chi connectivity index (χ4n) is 2.90. The van der Waals surface area contributed by atoms with Gasteiger partial charge in [-0.1, -0.05) is 12.1 Å².